The largest absolute Gasteiger partial charge is 0.390 e. The number of aliphatic hydroxyl groups excluding tert-OH is 1. The summed E-state index contributed by atoms with van der Waals surface area (Å²) in [5, 5.41) is 9.81. The quantitative estimate of drug-likeness (QED) is 0.664. The zero-order valence-electron chi connectivity index (χ0n) is 5.22. The van der Waals surface area contributed by atoms with Crippen molar-refractivity contribution in [3.8, 4) is 0 Å². The summed E-state index contributed by atoms with van der Waals surface area (Å²) in [6, 6.07) is 0. The molecule has 0 radical (unpaired) electrons. The van der Waals surface area contributed by atoms with Crippen molar-refractivity contribution in [3.63, 3.8) is 0 Å². The molecule has 9 heavy (non-hydrogen) atoms. The second-order valence-electron chi connectivity index (χ2n) is 2.27. The van der Waals surface area contributed by atoms with E-state index in [4.69, 9.17) is 4.74 Å². The molecule has 0 aliphatic carbocycles. The van der Waals surface area contributed by atoms with Gasteiger partial charge in [0.2, 0.25) is 0 Å². The summed E-state index contributed by atoms with van der Waals surface area (Å²) in [7, 11) is 0. The van der Waals surface area contributed by atoms with E-state index < -0.39 is 0 Å². The van der Waals surface area contributed by atoms with E-state index in [1.165, 1.54) is 0 Å². The van der Waals surface area contributed by atoms with Crippen molar-refractivity contribution in [2.75, 3.05) is 11.9 Å². The molecule has 1 N–H and O–H groups in total. The van der Waals surface area contributed by atoms with E-state index in [-0.39, 0.29) is 12.2 Å². The smallest absolute Gasteiger partial charge is 0.0898 e. The lowest BCUT2D eigenvalue weighted by Crippen LogP contribution is -2.26. The van der Waals surface area contributed by atoms with Crippen LogP contribution in [-0.2, 0) is 4.74 Å². The SMILES string of the molecule is O[C@@H](CBr)[C@@H]1CCCO1. The number of hydrogen-bond acceptors (Lipinski definition) is 2. The molecule has 0 amide bonds. The standard InChI is InChI=1S/C6H11BrO2/c7-4-5(8)6-2-1-3-9-6/h5-6,8H,1-4H2/t5-,6-/m0/s1. The minimum atomic E-state index is -0.313. The topological polar surface area (TPSA) is 29.5 Å². The first-order valence-electron chi connectivity index (χ1n) is 3.20. The van der Waals surface area contributed by atoms with Crippen LogP contribution in [0.15, 0.2) is 0 Å². The number of hydrogen-bond donors (Lipinski definition) is 1. The molecular formula is C6H11BrO2. The van der Waals surface area contributed by atoms with Gasteiger partial charge in [-0.25, -0.2) is 0 Å². The predicted molar refractivity (Wildman–Crippen MR) is 38.8 cm³/mol. The van der Waals surface area contributed by atoms with Crippen LogP contribution in [0, 0.1) is 0 Å². The Hall–Kier alpha value is 0.400. The number of alkyl halides is 1. The molecule has 1 aliphatic heterocycles. The Morgan fingerprint density at radius 3 is 3.00 bits per heavy atom. The zero-order chi connectivity index (χ0) is 6.69. The molecule has 2 atom stereocenters. The van der Waals surface area contributed by atoms with E-state index in [1.54, 1.807) is 0 Å². The Kier molecular flexibility index (Phi) is 2.95. The van der Waals surface area contributed by atoms with Gasteiger partial charge in [0.05, 0.1) is 12.2 Å². The molecule has 1 fully saturated rings. The number of ether oxygens (including phenoxy) is 1. The lowest BCUT2D eigenvalue weighted by Gasteiger charge is -2.13. The zero-order valence-corrected chi connectivity index (χ0v) is 6.80. The fourth-order valence-electron chi connectivity index (χ4n) is 1.01. The third-order valence-electron chi connectivity index (χ3n) is 1.55. The predicted octanol–water partition coefficient (Wildman–Crippen LogP) is 0.921. The van der Waals surface area contributed by atoms with Gasteiger partial charge in [0.15, 0.2) is 0 Å². The van der Waals surface area contributed by atoms with E-state index in [1.807, 2.05) is 0 Å². The molecule has 0 saturated carbocycles. The van der Waals surface area contributed by atoms with Crippen molar-refractivity contribution in [3.05, 3.63) is 0 Å². The van der Waals surface area contributed by atoms with E-state index in [0.717, 1.165) is 19.4 Å². The second-order valence-corrected chi connectivity index (χ2v) is 2.92. The van der Waals surface area contributed by atoms with Crippen molar-refractivity contribution >= 4 is 15.9 Å². The lowest BCUT2D eigenvalue weighted by atomic mass is 10.2. The van der Waals surface area contributed by atoms with E-state index in [0.29, 0.717) is 5.33 Å². The first-order chi connectivity index (χ1) is 4.34. The van der Waals surface area contributed by atoms with Crippen molar-refractivity contribution in [2.24, 2.45) is 0 Å². The van der Waals surface area contributed by atoms with Crippen molar-refractivity contribution in [1.29, 1.82) is 0 Å². The molecule has 0 aromatic rings. The van der Waals surface area contributed by atoms with Crippen molar-refractivity contribution in [1.82, 2.24) is 0 Å². The van der Waals surface area contributed by atoms with Crippen LogP contribution in [0.25, 0.3) is 0 Å². The van der Waals surface area contributed by atoms with Crippen molar-refractivity contribution < 1.29 is 9.84 Å². The number of aliphatic hydroxyl groups is 1. The van der Waals surface area contributed by atoms with Gasteiger partial charge in [-0.05, 0) is 12.8 Å². The monoisotopic (exact) mass is 194 g/mol. The van der Waals surface area contributed by atoms with Gasteiger partial charge in [-0.2, -0.15) is 0 Å². The van der Waals surface area contributed by atoms with Crippen LogP contribution in [0.2, 0.25) is 0 Å². The molecule has 0 spiro atoms. The maximum Gasteiger partial charge on any atom is 0.0898 e. The van der Waals surface area contributed by atoms with Gasteiger partial charge >= 0.3 is 0 Å². The second kappa shape index (κ2) is 3.54. The summed E-state index contributed by atoms with van der Waals surface area (Å²) in [5.74, 6) is 0. The molecule has 0 aromatic heterocycles. The average molecular weight is 195 g/mol. The minimum Gasteiger partial charge on any atom is -0.390 e. The Labute approximate surface area is 63.3 Å². The van der Waals surface area contributed by atoms with Gasteiger partial charge in [-0.15, -0.1) is 0 Å². The minimum absolute atomic E-state index is 0.0874. The lowest BCUT2D eigenvalue weighted by molar-refractivity contribution is 0.0116. The number of rotatable bonds is 2. The van der Waals surface area contributed by atoms with Crippen LogP contribution in [0.1, 0.15) is 12.8 Å². The molecule has 1 aliphatic rings. The van der Waals surface area contributed by atoms with Gasteiger partial charge in [0.1, 0.15) is 0 Å². The summed E-state index contributed by atoms with van der Waals surface area (Å²) in [5.41, 5.74) is 0. The summed E-state index contributed by atoms with van der Waals surface area (Å²) >= 11 is 3.19. The highest BCUT2D eigenvalue weighted by atomic mass is 79.9. The molecule has 0 unspecified atom stereocenters. The Morgan fingerprint density at radius 1 is 1.78 bits per heavy atom. The van der Waals surface area contributed by atoms with Crippen LogP contribution in [0.5, 0.6) is 0 Å². The van der Waals surface area contributed by atoms with Crippen LogP contribution >= 0.6 is 15.9 Å². The molecule has 1 heterocycles. The van der Waals surface area contributed by atoms with Gasteiger partial charge in [-0.1, -0.05) is 15.9 Å². The summed E-state index contributed by atoms with van der Waals surface area (Å²) in [4.78, 5) is 0. The van der Waals surface area contributed by atoms with Crippen molar-refractivity contribution in [2.45, 2.75) is 25.0 Å². The van der Waals surface area contributed by atoms with Crippen LogP contribution < -0.4 is 0 Å². The molecule has 54 valence electrons. The highest BCUT2D eigenvalue weighted by molar-refractivity contribution is 9.09. The maximum absolute atomic E-state index is 9.19. The first-order valence-corrected chi connectivity index (χ1v) is 4.32. The Bertz CT molecular complexity index is 81.1. The third kappa shape index (κ3) is 1.92. The summed E-state index contributed by atoms with van der Waals surface area (Å²) in [6.45, 7) is 0.814. The van der Waals surface area contributed by atoms with Crippen LogP contribution in [-0.4, -0.2) is 29.3 Å². The molecular weight excluding hydrogens is 184 g/mol. The van der Waals surface area contributed by atoms with Crippen LogP contribution in [0.3, 0.4) is 0 Å². The number of halogens is 1. The van der Waals surface area contributed by atoms with Gasteiger partial charge in [0.25, 0.3) is 0 Å². The molecule has 1 saturated heterocycles. The highest BCUT2D eigenvalue weighted by Crippen LogP contribution is 2.16. The Morgan fingerprint density at radius 2 is 2.56 bits per heavy atom. The molecule has 3 heteroatoms. The molecule has 0 bridgehead atoms. The normalized spacial score (nSPS) is 30.7. The van der Waals surface area contributed by atoms with Gasteiger partial charge < -0.3 is 9.84 Å². The molecule has 0 aromatic carbocycles. The Balaban J connectivity index is 2.24. The summed E-state index contributed by atoms with van der Waals surface area (Å²) < 4.78 is 5.23. The van der Waals surface area contributed by atoms with E-state index in [9.17, 15) is 5.11 Å². The van der Waals surface area contributed by atoms with E-state index in [2.05, 4.69) is 15.9 Å². The highest BCUT2D eigenvalue weighted by Gasteiger charge is 2.22. The fourth-order valence-corrected chi connectivity index (χ4v) is 1.42. The maximum atomic E-state index is 9.19. The average Bonchev–Trinajstić information content (AvgIpc) is 2.37. The van der Waals surface area contributed by atoms with Gasteiger partial charge in [0, 0.05) is 11.9 Å². The summed E-state index contributed by atoms with van der Waals surface area (Å²) in [6.07, 6.45) is 1.87. The molecule has 2 nitrogen and oxygen atoms in total. The third-order valence-corrected chi connectivity index (χ3v) is 2.22. The van der Waals surface area contributed by atoms with Crippen LogP contribution in [0.4, 0.5) is 0 Å². The van der Waals surface area contributed by atoms with E-state index >= 15 is 0 Å². The first kappa shape index (κ1) is 7.51. The van der Waals surface area contributed by atoms with Gasteiger partial charge in [-0.3, -0.25) is 0 Å². The fraction of sp³-hybridized carbons (Fsp3) is 1.00. The molecule has 1 rings (SSSR count).